The second-order valence-corrected chi connectivity index (χ2v) is 2.40. The van der Waals surface area contributed by atoms with Crippen LogP contribution >= 0.6 is 0 Å². The first kappa shape index (κ1) is 10.6. The molecule has 12 heavy (non-hydrogen) atoms. The zero-order valence-corrected chi connectivity index (χ0v) is 7.26. The lowest BCUT2D eigenvalue weighted by atomic mass is 10.2. The number of hydrazone groups is 1. The molecule has 68 valence electrons. The number of amides is 2. The number of nitrogens with zero attached hydrogens (tertiary/aromatic N) is 1. The number of carbonyl (C=O) groups is 2. The molecule has 5 nitrogen and oxygen atoms in total. The van der Waals surface area contributed by atoms with Gasteiger partial charge in [0.25, 0.3) is 0 Å². The highest BCUT2D eigenvalue weighted by molar-refractivity contribution is 6.34. The van der Waals surface area contributed by atoms with Gasteiger partial charge in [-0.25, -0.2) is 5.43 Å². The molecule has 3 N–H and O–H groups in total. The zero-order valence-electron chi connectivity index (χ0n) is 7.26. The van der Waals surface area contributed by atoms with E-state index in [-0.39, 0.29) is 0 Å². The molecule has 0 aromatic carbocycles. The van der Waals surface area contributed by atoms with E-state index in [4.69, 9.17) is 0 Å². The van der Waals surface area contributed by atoms with Crippen molar-refractivity contribution >= 4 is 17.5 Å². The fourth-order valence-corrected chi connectivity index (χ4v) is 0.619. The van der Waals surface area contributed by atoms with Crippen molar-refractivity contribution in [3.05, 3.63) is 0 Å². The van der Waals surface area contributed by atoms with Crippen molar-refractivity contribution in [2.45, 2.75) is 26.7 Å². The topological polar surface area (TPSA) is 84.6 Å². The molecule has 0 aliphatic carbocycles. The van der Waals surface area contributed by atoms with E-state index < -0.39 is 11.8 Å². The summed E-state index contributed by atoms with van der Waals surface area (Å²) in [5.74, 6) is -1.91. The van der Waals surface area contributed by atoms with Gasteiger partial charge in [0.15, 0.2) is 0 Å². The maximum absolute atomic E-state index is 10.6. The summed E-state index contributed by atoms with van der Waals surface area (Å²) < 4.78 is 0. The molecule has 0 aliphatic rings. The van der Waals surface area contributed by atoms with E-state index in [0.29, 0.717) is 0 Å². The molecule has 0 unspecified atom stereocenters. The van der Waals surface area contributed by atoms with Crippen LogP contribution in [-0.4, -0.2) is 17.5 Å². The van der Waals surface area contributed by atoms with E-state index in [1.807, 2.05) is 12.3 Å². The maximum Gasteiger partial charge on any atom is 0.329 e. The molecule has 0 atom stereocenters. The Morgan fingerprint density at radius 2 is 2.08 bits per heavy atom. The molecule has 0 saturated carbocycles. The number of hydrogen-bond donors (Lipinski definition) is 2. The molecule has 0 radical (unpaired) electrons. The van der Waals surface area contributed by atoms with Crippen LogP contribution in [0.1, 0.15) is 26.7 Å². The molecule has 0 aromatic heterocycles. The maximum atomic E-state index is 10.6. The van der Waals surface area contributed by atoms with Crippen LogP contribution in [0.2, 0.25) is 0 Å². The van der Waals surface area contributed by atoms with E-state index in [1.54, 1.807) is 6.92 Å². The minimum atomic E-state index is -1.02. The number of nitrogens with two attached hydrogens (primary N) is 1. The van der Waals surface area contributed by atoms with Gasteiger partial charge in [0.2, 0.25) is 0 Å². The van der Waals surface area contributed by atoms with Crippen LogP contribution in [0.5, 0.6) is 0 Å². The van der Waals surface area contributed by atoms with Gasteiger partial charge in [0.05, 0.1) is 0 Å². The average molecular weight is 171 g/mol. The van der Waals surface area contributed by atoms with Crippen LogP contribution in [0.25, 0.3) is 0 Å². The number of carbonyl (C=O) groups excluding carboxylic acids is 2. The third-order valence-electron chi connectivity index (χ3n) is 1.18. The van der Waals surface area contributed by atoms with Crippen molar-refractivity contribution in [2.75, 3.05) is 0 Å². The fraction of sp³-hybridized carbons (Fsp3) is 0.571. The average Bonchev–Trinajstić information content (AvgIpc) is 2.00. The Morgan fingerprint density at radius 1 is 1.50 bits per heavy atom. The molecule has 0 rings (SSSR count). The van der Waals surface area contributed by atoms with Gasteiger partial charge in [-0.1, -0.05) is 13.3 Å². The lowest BCUT2D eigenvalue weighted by molar-refractivity contribution is -0.137. The van der Waals surface area contributed by atoms with Gasteiger partial charge in [-0.15, -0.1) is 0 Å². The molecule has 5 heteroatoms. The molecule has 0 aromatic rings. The van der Waals surface area contributed by atoms with E-state index in [9.17, 15) is 9.59 Å². The summed E-state index contributed by atoms with van der Waals surface area (Å²) in [6, 6.07) is 0. The highest BCUT2D eigenvalue weighted by atomic mass is 16.2. The molecule has 0 aliphatic heterocycles. The lowest BCUT2D eigenvalue weighted by Crippen LogP contribution is -2.33. The summed E-state index contributed by atoms with van der Waals surface area (Å²) in [7, 11) is 0. The van der Waals surface area contributed by atoms with Gasteiger partial charge in [0.1, 0.15) is 0 Å². The van der Waals surface area contributed by atoms with E-state index in [1.165, 1.54) is 0 Å². The van der Waals surface area contributed by atoms with Crippen LogP contribution in [0.15, 0.2) is 5.10 Å². The summed E-state index contributed by atoms with van der Waals surface area (Å²) in [5, 5.41) is 3.65. The van der Waals surface area contributed by atoms with Gasteiger partial charge in [-0.2, -0.15) is 5.10 Å². The predicted molar refractivity (Wildman–Crippen MR) is 45.4 cm³/mol. The summed E-state index contributed by atoms with van der Waals surface area (Å²) in [6.45, 7) is 3.76. The van der Waals surface area contributed by atoms with E-state index in [2.05, 4.69) is 10.8 Å². The van der Waals surface area contributed by atoms with Gasteiger partial charge < -0.3 is 5.73 Å². The van der Waals surface area contributed by atoms with Crippen LogP contribution in [0, 0.1) is 0 Å². The fourth-order valence-electron chi connectivity index (χ4n) is 0.619. The molecular weight excluding hydrogens is 158 g/mol. The molecular formula is C7H13N3O2. The highest BCUT2D eigenvalue weighted by Crippen LogP contribution is 1.88. The summed E-state index contributed by atoms with van der Waals surface area (Å²) in [5.41, 5.74) is 7.49. The van der Waals surface area contributed by atoms with Crippen LogP contribution in [0.4, 0.5) is 0 Å². The number of nitrogens with one attached hydrogen (secondary N) is 1. The zero-order chi connectivity index (χ0) is 9.56. The van der Waals surface area contributed by atoms with E-state index >= 15 is 0 Å². The van der Waals surface area contributed by atoms with Crippen molar-refractivity contribution in [1.29, 1.82) is 0 Å². The van der Waals surface area contributed by atoms with Crippen molar-refractivity contribution in [2.24, 2.45) is 10.8 Å². The van der Waals surface area contributed by atoms with Crippen LogP contribution < -0.4 is 11.2 Å². The van der Waals surface area contributed by atoms with Gasteiger partial charge in [-0.05, 0) is 13.3 Å². The van der Waals surface area contributed by atoms with Gasteiger partial charge in [0, 0.05) is 5.71 Å². The molecule has 0 spiro atoms. The minimum Gasteiger partial charge on any atom is -0.361 e. The smallest absolute Gasteiger partial charge is 0.329 e. The molecule has 0 fully saturated rings. The SMILES string of the molecule is CCCC(C)=NNC(=O)C(N)=O. The van der Waals surface area contributed by atoms with Crippen molar-refractivity contribution < 1.29 is 9.59 Å². The first-order valence-electron chi connectivity index (χ1n) is 3.70. The lowest BCUT2D eigenvalue weighted by Gasteiger charge is -1.97. The second-order valence-electron chi connectivity index (χ2n) is 2.40. The van der Waals surface area contributed by atoms with Crippen LogP contribution in [-0.2, 0) is 9.59 Å². The Morgan fingerprint density at radius 3 is 2.50 bits per heavy atom. The Bertz CT molecular complexity index is 211. The molecule has 2 amide bonds. The van der Waals surface area contributed by atoms with E-state index in [0.717, 1.165) is 18.6 Å². The number of primary amides is 1. The van der Waals surface area contributed by atoms with Crippen LogP contribution in [0.3, 0.4) is 0 Å². The van der Waals surface area contributed by atoms with Crippen molar-refractivity contribution in [3.63, 3.8) is 0 Å². The number of hydrogen-bond acceptors (Lipinski definition) is 3. The Hall–Kier alpha value is -1.39. The predicted octanol–water partition coefficient (Wildman–Crippen LogP) is -0.236. The molecule has 0 bridgehead atoms. The third kappa shape index (κ3) is 4.43. The number of rotatable bonds is 3. The van der Waals surface area contributed by atoms with Gasteiger partial charge in [-0.3, -0.25) is 9.59 Å². The summed E-state index contributed by atoms with van der Waals surface area (Å²) in [4.78, 5) is 20.8. The Kier molecular flexibility index (Phi) is 4.67. The standard InChI is InChI=1S/C7H13N3O2/c1-3-4-5(2)9-10-7(12)6(8)11/h3-4H2,1-2H3,(H2,8,11)(H,10,12). The Labute approximate surface area is 71.0 Å². The normalized spacial score (nSPS) is 11.0. The monoisotopic (exact) mass is 171 g/mol. The minimum absolute atomic E-state index is 0.770. The molecule has 0 heterocycles. The Balaban J connectivity index is 3.87. The highest BCUT2D eigenvalue weighted by Gasteiger charge is 2.05. The van der Waals surface area contributed by atoms with Crippen molar-refractivity contribution in [3.8, 4) is 0 Å². The quantitative estimate of drug-likeness (QED) is 0.349. The summed E-state index contributed by atoms with van der Waals surface area (Å²) >= 11 is 0. The first-order chi connectivity index (χ1) is 5.57. The van der Waals surface area contributed by atoms with Crippen molar-refractivity contribution in [1.82, 2.24) is 5.43 Å². The first-order valence-corrected chi connectivity index (χ1v) is 3.70. The second kappa shape index (κ2) is 5.29. The van der Waals surface area contributed by atoms with Gasteiger partial charge >= 0.3 is 11.8 Å². The largest absolute Gasteiger partial charge is 0.361 e. The summed E-state index contributed by atoms with van der Waals surface area (Å²) in [6.07, 6.45) is 1.74. The molecule has 0 saturated heterocycles. The third-order valence-corrected chi connectivity index (χ3v) is 1.18.